The van der Waals surface area contributed by atoms with Crippen LogP contribution >= 0.6 is 11.8 Å². The van der Waals surface area contributed by atoms with E-state index in [1.165, 1.54) is 37.9 Å². The maximum atomic E-state index is 5.88. The largest absolute Gasteiger partial charge is 0.378 e. The summed E-state index contributed by atoms with van der Waals surface area (Å²) in [7, 11) is 0. The number of ether oxygens (including phenoxy) is 1. The molecule has 0 aromatic carbocycles. The summed E-state index contributed by atoms with van der Waals surface area (Å²) in [5, 5.41) is 3.52. The minimum atomic E-state index is 0.567. The van der Waals surface area contributed by atoms with Gasteiger partial charge in [-0.15, -0.1) is 0 Å². The maximum absolute atomic E-state index is 5.88. The van der Waals surface area contributed by atoms with Gasteiger partial charge in [-0.3, -0.25) is 0 Å². The fourth-order valence-electron chi connectivity index (χ4n) is 2.21. The average molecular weight is 245 g/mol. The summed E-state index contributed by atoms with van der Waals surface area (Å²) in [5.74, 6) is 1.20. The van der Waals surface area contributed by atoms with Crippen LogP contribution in [0.3, 0.4) is 0 Å². The SMILES string of the molecule is CSC[C@H](C)NCCCOC1CCCCC1. The van der Waals surface area contributed by atoms with E-state index in [1.54, 1.807) is 0 Å². The van der Waals surface area contributed by atoms with Gasteiger partial charge in [-0.05, 0) is 39.0 Å². The van der Waals surface area contributed by atoms with E-state index in [4.69, 9.17) is 4.74 Å². The number of hydrogen-bond donors (Lipinski definition) is 1. The predicted molar refractivity (Wildman–Crippen MR) is 73.3 cm³/mol. The molecule has 0 aromatic rings. The molecule has 1 fully saturated rings. The third-order valence-electron chi connectivity index (χ3n) is 3.14. The van der Waals surface area contributed by atoms with Crippen LogP contribution in [-0.2, 0) is 4.74 Å². The molecule has 0 radical (unpaired) electrons. The Morgan fingerprint density at radius 3 is 2.75 bits per heavy atom. The first-order valence-corrected chi connectivity index (χ1v) is 8.06. The van der Waals surface area contributed by atoms with Crippen molar-refractivity contribution in [2.24, 2.45) is 0 Å². The van der Waals surface area contributed by atoms with E-state index in [2.05, 4.69) is 18.5 Å². The molecule has 1 saturated carbocycles. The molecule has 0 unspecified atom stereocenters. The highest BCUT2D eigenvalue weighted by Crippen LogP contribution is 2.20. The van der Waals surface area contributed by atoms with Crippen LogP contribution in [0.15, 0.2) is 0 Å². The monoisotopic (exact) mass is 245 g/mol. The van der Waals surface area contributed by atoms with Crippen molar-refractivity contribution >= 4 is 11.8 Å². The van der Waals surface area contributed by atoms with Crippen LogP contribution in [0.2, 0.25) is 0 Å². The lowest BCUT2D eigenvalue weighted by molar-refractivity contribution is 0.0272. The molecule has 0 heterocycles. The van der Waals surface area contributed by atoms with Crippen LogP contribution in [0.1, 0.15) is 45.4 Å². The second-order valence-corrected chi connectivity index (χ2v) is 5.71. The average Bonchev–Trinajstić information content (AvgIpc) is 2.30. The first-order chi connectivity index (χ1) is 7.83. The van der Waals surface area contributed by atoms with Gasteiger partial charge in [-0.2, -0.15) is 11.8 Å². The Labute approximate surface area is 105 Å². The lowest BCUT2D eigenvalue weighted by Crippen LogP contribution is -2.30. The van der Waals surface area contributed by atoms with E-state index < -0.39 is 0 Å². The van der Waals surface area contributed by atoms with Crippen molar-refractivity contribution in [2.75, 3.05) is 25.2 Å². The second kappa shape index (κ2) is 9.32. The summed E-state index contributed by atoms with van der Waals surface area (Å²) in [4.78, 5) is 0. The number of thioether (sulfide) groups is 1. The molecule has 1 rings (SSSR count). The standard InChI is InChI=1S/C13H27NOS/c1-12(11-16-2)14-9-6-10-15-13-7-4-3-5-8-13/h12-14H,3-11H2,1-2H3/t12-/m0/s1. The number of nitrogens with one attached hydrogen (secondary N) is 1. The Morgan fingerprint density at radius 2 is 2.06 bits per heavy atom. The number of rotatable bonds is 8. The quantitative estimate of drug-likeness (QED) is 0.664. The Hall–Kier alpha value is 0.270. The fourth-order valence-corrected chi connectivity index (χ4v) is 2.83. The zero-order chi connectivity index (χ0) is 11.6. The van der Waals surface area contributed by atoms with Gasteiger partial charge in [0, 0.05) is 18.4 Å². The molecule has 3 heteroatoms. The van der Waals surface area contributed by atoms with Crippen molar-refractivity contribution in [3.63, 3.8) is 0 Å². The molecule has 0 aromatic heterocycles. The molecule has 0 saturated heterocycles. The van der Waals surface area contributed by atoms with Gasteiger partial charge in [0.1, 0.15) is 0 Å². The van der Waals surface area contributed by atoms with Crippen molar-refractivity contribution < 1.29 is 4.74 Å². The van der Waals surface area contributed by atoms with Gasteiger partial charge in [0.15, 0.2) is 0 Å². The summed E-state index contributed by atoms with van der Waals surface area (Å²) >= 11 is 1.90. The van der Waals surface area contributed by atoms with Gasteiger partial charge >= 0.3 is 0 Å². The van der Waals surface area contributed by atoms with Crippen molar-refractivity contribution in [1.29, 1.82) is 0 Å². The highest BCUT2D eigenvalue weighted by Gasteiger charge is 2.12. The van der Waals surface area contributed by atoms with Gasteiger partial charge in [-0.25, -0.2) is 0 Å². The van der Waals surface area contributed by atoms with Crippen LogP contribution < -0.4 is 5.32 Å². The van der Waals surface area contributed by atoms with E-state index in [0.29, 0.717) is 12.1 Å². The van der Waals surface area contributed by atoms with Crippen LogP contribution in [0.4, 0.5) is 0 Å². The molecule has 0 spiro atoms. The van der Waals surface area contributed by atoms with Gasteiger partial charge in [0.25, 0.3) is 0 Å². The predicted octanol–water partition coefficient (Wildman–Crippen LogP) is 3.07. The zero-order valence-corrected chi connectivity index (χ0v) is 11.7. The lowest BCUT2D eigenvalue weighted by Gasteiger charge is -2.22. The summed E-state index contributed by atoms with van der Waals surface area (Å²) < 4.78 is 5.88. The molecule has 2 nitrogen and oxygen atoms in total. The zero-order valence-electron chi connectivity index (χ0n) is 10.8. The Bertz CT molecular complexity index is 160. The first-order valence-electron chi connectivity index (χ1n) is 6.67. The van der Waals surface area contributed by atoms with Crippen molar-refractivity contribution in [1.82, 2.24) is 5.32 Å². The van der Waals surface area contributed by atoms with Gasteiger partial charge in [-0.1, -0.05) is 19.3 Å². The Balaban J connectivity index is 1.87. The minimum absolute atomic E-state index is 0.567. The highest BCUT2D eigenvalue weighted by atomic mass is 32.2. The van der Waals surface area contributed by atoms with Crippen molar-refractivity contribution in [3.8, 4) is 0 Å². The van der Waals surface area contributed by atoms with Crippen LogP contribution in [0.25, 0.3) is 0 Å². The molecule has 1 N–H and O–H groups in total. The molecule has 1 atom stereocenters. The smallest absolute Gasteiger partial charge is 0.0575 e. The van der Waals surface area contributed by atoms with E-state index in [0.717, 1.165) is 19.6 Å². The topological polar surface area (TPSA) is 21.3 Å². The van der Waals surface area contributed by atoms with E-state index in [9.17, 15) is 0 Å². The molecule has 0 aliphatic heterocycles. The van der Waals surface area contributed by atoms with Gasteiger partial charge < -0.3 is 10.1 Å². The Kier molecular flexibility index (Phi) is 8.34. The van der Waals surface area contributed by atoms with Crippen molar-refractivity contribution in [2.45, 2.75) is 57.6 Å². The summed E-state index contributed by atoms with van der Waals surface area (Å²) in [6, 6.07) is 0.629. The third-order valence-corrected chi connectivity index (χ3v) is 3.97. The van der Waals surface area contributed by atoms with Crippen molar-refractivity contribution in [3.05, 3.63) is 0 Å². The third kappa shape index (κ3) is 6.77. The number of hydrogen-bond acceptors (Lipinski definition) is 3. The molecule has 96 valence electrons. The summed E-state index contributed by atoms with van der Waals surface area (Å²) in [6.45, 7) is 4.27. The molecule has 16 heavy (non-hydrogen) atoms. The molecule has 0 bridgehead atoms. The molecule has 0 amide bonds. The normalized spacial score (nSPS) is 19.9. The lowest BCUT2D eigenvalue weighted by atomic mass is 9.98. The highest BCUT2D eigenvalue weighted by molar-refractivity contribution is 7.98. The Morgan fingerprint density at radius 1 is 1.31 bits per heavy atom. The van der Waals surface area contributed by atoms with Gasteiger partial charge in [0.05, 0.1) is 6.10 Å². The molecule has 1 aliphatic rings. The molecule has 1 aliphatic carbocycles. The van der Waals surface area contributed by atoms with Gasteiger partial charge in [0.2, 0.25) is 0 Å². The second-order valence-electron chi connectivity index (χ2n) is 4.79. The summed E-state index contributed by atoms with van der Waals surface area (Å²) in [6.07, 6.45) is 10.6. The molecular weight excluding hydrogens is 218 g/mol. The summed E-state index contributed by atoms with van der Waals surface area (Å²) in [5.41, 5.74) is 0. The van der Waals surface area contributed by atoms with Crippen LogP contribution in [-0.4, -0.2) is 37.3 Å². The minimum Gasteiger partial charge on any atom is -0.378 e. The fraction of sp³-hybridized carbons (Fsp3) is 1.00. The van der Waals surface area contributed by atoms with Crippen LogP contribution in [0.5, 0.6) is 0 Å². The van der Waals surface area contributed by atoms with E-state index in [1.807, 2.05) is 11.8 Å². The maximum Gasteiger partial charge on any atom is 0.0575 e. The van der Waals surface area contributed by atoms with E-state index >= 15 is 0 Å². The van der Waals surface area contributed by atoms with E-state index in [-0.39, 0.29) is 0 Å². The first kappa shape index (κ1) is 14.3. The van der Waals surface area contributed by atoms with Crippen LogP contribution in [0, 0.1) is 0 Å². The molecular formula is C13H27NOS.